The lowest BCUT2D eigenvalue weighted by atomic mass is 10.1. The third kappa shape index (κ3) is 2.34. The van der Waals surface area contributed by atoms with Gasteiger partial charge in [0, 0.05) is 18.3 Å². The lowest BCUT2D eigenvalue weighted by Crippen LogP contribution is -2.32. The molecular formula is C12H15NOS. The van der Waals surface area contributed by atoms with Gasteiger partial charge in [-0.15, -0.1) is 0 Å². The van der Waals surface area contributed by atoms with Crippen molar-refractivity contribution < 1.29 is 4.79 Å². The van der Waals surface area contributed by atoms with Gasteiger partial charge in [-0.05, 0) is 12.0 Å². The highest BCUT2D eigenvalue weighted by atomic mass is 32.2. The SMILES string of the molecule is CC[C@@H]1CSC(=O)N1Cc1ccccc1. The number of hydrogen-bond acceptors (Lipinski definition) is 2. The topological polar surface area (TPSA) is 20.3 Å². The Morgan fingerprint density at radius 3 is 2.80 bits per heavy atom. The van der Waals surface area contributed by atoms with Gasteiger partial charge < -0.3 is 4.90 Å². The molecule has 2 rings (SSSR count). The van der Waals surface area contributed by atoms with E-state index >= 15 is 0 Å². The summed E-state index contributed by atoms with van der Waals surface area (Å²) in [5, 5.41) is 0.228. The number of carbonyl (C=O) groups excluding carboxylic acids is 1. The Labute approximate surface area is 94.7 Å². The number of carbonyl (C=O) groups is 1. The third-order valence-corrected chi connectivity index (χ3v) is 3.77. The average molecular weight is 221 g/mol. The Kier molecular flexibility index (Phi) is 3.31. The minimum Gasteiger partial charge on any atom is -0.325 e. The zero-order valence-corrected chi connectivity index (χ0v) is 9.67. The van der Waals surface area contributed by atoms with Crippen molar-refractivity contribution in [3.63, 3.8) is 0 Å². The predicted molar refractivity (Wildman–Crippen MR) is 63.9 cm³/mol. The van der Waals surface area contributed by atoms with Gasteiger partial charge in [0.05, 0.1) is 0 Å². The molecule has 0 saturated carbocycles. The Morgan fingerprint density at radius 2 is 2.13 bits per heavy atom. The maximum atomic E-state index is 11.6. The first-order chi connectivity index (χ1) is 7.31. The van der Waals surface area contributed by atoms with Crippen LogP contribution in [0.1, 0.15) is 18.9 Å². The van der Waals surface area contributed by atoms with Crippen LogP contribution in [0.2, 0.25) is 0 Å². The molecule has 0 bridgehead atoms. The highest BCUT2D eigenvalue weighted by Gasteiger charge is 2.30. The molecule has 0 radical (unpaired) electrons. The van der Waals surface area contributed by atoms with Gasteiger partial charge in [0.2, 0.25) is 0 Å². The Morgan fingerprint density at radius 1 is 1.40 bits per heavy atom. The monoisotopic (exact) mass is 221 g/mol. The van der Waals surface area contributed by atoms with Gasteiger partial charge in [-0.1, -0.05) is 49.0 Å². The molecule has 1 aliphatic rings. The summed E-state index contributed by atoms with van der Waals surface area (Å²) in [5.41, 5.74) is 1.21. The van der Waals surface area contributed by atoms with Gasteiger partial charge in [-0.2, -0.15) is 0 Å². The summed E-state index contributed by atoms with van der Waals surface area (Å²) in [7, 11) is 0. The van der Waals surface area contributed by atoms with Crippen molar-refractivity contribution in [1.29, 1.82) is 0 Å². The molecule has 2 nitrogen and oxygen atoms in total. The molecular weight excluding hydrogens is 206 g/mol. The molecule has 0 N–H and O–H groups in total. The minimum atomic E-state index is 0.228. The van der Waals surface area contributed by atoms with Crippen molar-refractivity contribution in [3.05, 3.63) is 35.9 Å². The molecule has 0 aromatic heterocycles. The van der Waals surface area contributed by atoms with E-state index in [-0.39, 0.29) is 5.24 Å². The van der Waals surface area contributed by atoms with Crippen LogP contribution in [0.15, 0.2) is 30.3 Å². The molecule has 1 atom stereocenters. The number of hydrogen-bond donors (Lipinski definition) is 0. The first kappa shape index (κ1) is 10.6. The first-order valence-electron chi connectivity index (χ1n) is 5.28. The molecule has 0 spiro atoms. The molecule has 1 aromatic rings. The van der Waals surface area contributed by atoms with Crippen LogP contribution in [0.5, 0.6) is 0 Å². The number of amides is 1. The van der Waals surface area contributed by atoms with E-state index in [1.165, 1.54) is 17.3 Å². The normalized spacial score (nSPS) is 21.0. The highest BCUT2D eigenvalue weighted by molar-refractivity contribution is 8.13. The second-order valence-corrected chi connectivity index (χ2v) is 4.72. The fraction of sp³-hybridized carbons (Fsp3) is 0.417. The Hall–Kier alpha value is -0.960. The minimum absolute atomic E-state index is 0.228. The Bertz CT molecular complexity index is 339. The maximum absolute atomic E-state index is 11.6. The third-order valence-electron chi connectivity index (χ3n) is 2.74. The standard InChI is InChI=1S/C12H15NOS/c1-2-11-9-15-12(14)13(11)8-10-6-4-3-5-7-10/h3-7,11H,2,8-9H2,1H3/t11-/m1/s1. The van der Waals surface area contributed by atoms with E-state index in [0.29, 0.717) is 6.04 Å². The molecule has 1 aliphatic heterocycles. The van der Waals surface area contributed by atoms with Gasteiger partial charge in [0.15, 0.2) is 0 Å². The van der Waals surface area contributed by atoms with Crippen LogP contribution in [0.4, 0.5) is 4.79 Å². The van der Waals surface area contributed by atoms with Crippen LogP contribution in [0.3, 0.4) is 0 Å². The van der Waals surface area contributed by atoms with E-state index < -0.39 is 0 Å². The molecule has 1 fully saturated rings. The van der Waals surface area contributed by atoms with Crippen molar-refractivity contribution in [2.24, 2.45) is 0 Å². The number of benzene rings is 1. The molecule has 1 aromatic carbocycles. The number of nitrogens with zero attached hydrogens (tertiary/aromatic N) is 1. The summed E-state index contributed by atoms with van der Waals surface area (Å²) in [6.07, 6.45) is 1.05. The molecule has 1 amide bonds. The van der Waals surface area contributed by atoms with Gasteiger partial charge >= 0.3 is 0 Å². The summed E-state index contributed by atoms with van der Waals surface area (Å²) in [6, 6.07) is 10.6. The predicted octanol–water partition coefficient (Wildman–Crippen LogP) is 3.13. The van der Waals surface area contributed by atoms with Crippen molar-refractivity contribution in [2.45, 2.75) is 25.9 Å². The summed E-state index contributed by atoms with van der Waals surface area (Å²) in [4.78, 5) is 13.6. The van der Waals surface area contributed by atoms with Crippen molar-refractivity contribution >= 4 is 17.0 Å². The summed E-state index contributed by atoms with van der Waals surface area (Å²) < 4.78 is 0. The van der Waals surface area contributed by atoms with Gasteiger partial charge in [0.1, 0.15) is 0 Å². The average Bonchev–Trinajstić information content (AvgIpc) is 2.62. The van der Waals surface area contributed by atoms with Crippen LogP contribution in [-0.2, 0) is 6.54 Å². The molecule has 0 aliphatic carbocycles. The second kappa shape index (κ2) is 4.71. The lowest BCUT2D eigenvalue weighted by molar-refractivity contribution is 0.206. The molecule has 1 saturated heterocycles. The van der Waals surface area contributed by atoms with Gasteiger partial charge in [-0.3, -0.25) is 4.79 Å². The fourth-order valence-electron chi connectivity index (χ4n) is 1.80. The first-order valence-corrected chi connectivity index (χ1v) is 6.27. The maximum Gasteiger partial charge on any atom is 0.282 e. The summed E-state index contributed by atoms with van der Waals surface area (Å²) in [6.45, 7) is 2.90. The highest BCUT2D eigenvalue weighted by Crippen LogP contribution is 2.27. The number of rotatable bonds is 3. The summed E-state index contributed by atoms with van der Waals surface area (Å²) in [5.74, 6) is 0.947. The fourth-order valence-corrected chi connectivity index (χ4v) is 2.93. The van der Waals surface area contributed by atoms with E-state index in [9.17, 15) is 4.79 Å². The van der Waals surface area contributed by atoms with E-state index in [1.54, 1.807) is 0 Å². The van der Waals surface area contributed by atoms with Gasteiger partial charge in [0.25, 0.3) is 5.24 Å². The van der Waals surface area contributed by atoms with E-state index in [1.807, 2.05) is 23.1 Å². The van der Waals surface area contributed by atoms with E-state index in [2.05, 4.69) is 19.1 Å². The van der Waals surface area contributed by atoms with E-state index in [0.717, 1.165) is 18.7 Å². The smallest absolute Gasteiger partial charge is 0.282 e. The van der Waals surface area contributed by atoms with Crippen LogP contribution in [-0.4, -0.2) is 21.9 Å². The van der Waals surface area contributed by atoms with Crippen LogP contribution in [0.25, 0.3) is 0 Å². The van der Waals surface area contributed by atoms with Crippen molar-refractivity contribution in [2.75, 3.05) is 5.75 Å². The lowest BCUT2D eigenvalue weighted by Gasteiger charge is -2.22. The Balaban J connectivity index is 2.07. The quantitative estimate of drug-likeness (QED) is 0.781. The van der Waals surface area contributed by atoms with Crippen LogP contribution >= 0.6 is 11.8 Å². The molecule has 1 heterocycles. The number of thioether (sulfide) groups is 1. The molecule has 80 valence electrons. The van der Waals surface area contributed by atoms with Crippen molar-refractivity contribution in [1.82, 2.24) is 4.90 Å². The zero-order chi connectivity index (χ0) is 10.7. The molecule has 15 heavy (non-hydrogen) atoms. The molecule has 3 heteroatoms. The zero-order valence-electron chi connectivity index (χ0n) is 8.85. The largest absolute Gasteiger partial charge is 0.325 e. The van der Waals surface area contributed by atoms with Crippen LogP contribution in [0, 0.1) is 0 Å². The van der Waals surface area contributed by atoms with E-state index in [4.69, 9.17) is 0 Å². The second-order valence-electron chi connectivity index (χ2n) is 3.75. The summed E-state index contributed by atoms with van der Waals surface area (Å²) >= 11 is 1.44. The van der Waals surface area contributed by atoms with Crippen LogP contribution < -0.4 is 0 Å². The molecule has 0 unspecified atom stereocenters. The van der Waals surface area contributed by atoms with Gasteiger partial charge in [-0.25, -0.2) is 0 Å². The van der Waals surface area contributed by atoms with Crippen molar-refractivity contribution in [3.8, 4) is 0 Å².